The summed E-state index contributed by atoms with van der Waals surface area (Å²) < 4.78 is 8.83. The van der Waals surface area contributed by atoms with Crippen LogP contribution in [0, 0.1) is 4.77 Å². The number of imidazole rings is 1. The molecule has 1 aromatic heterocycles. The second-order valence-electron chi connectivity index (χ2n) is 5.47. The topological polar surface area (TPSA) is 29.9 Å². The Morgan fingerprint density at radius 3 is 2.67 bits per heavy atom. The van der Waals surface area contributed by atoms with Gasteiger partial charge in [-0.05, 0) is 44.1 Å². The number of nitrogens with one attached hydrogen (secondary N) is 1. The summed E-state index contributed by atoms with van der Waals surface area (Å²) in [6.07, 6.45) is 5.99. The van der Waals surface area contributed by atoms with Gasteiger partial charge in [-0.1, -0.05) is 39.2 Å². The van der Waals surface area contributed by atoms with Crippen molar-refractivity contribution < 1.29 is 4.74 Å². The number of para-hydroxylation sites is 1. The largest absolute Gasteiger partial charge is 0.492 e. The van der Waals surface area contributed by atoms with Crippen LogP contribution in [0.3, 0.4) is 0 Å². The number of nitrogens with zero attached hydrogens (tertiary/aromatic N) is 1. The molecular weight excluding hydrogens is 280 g/mol. The van der Waals surface area contributed by atoms with Gasteiger partial charge in [0.25, 0.3) is 0 Å². The Hall–Kier alpha value is -1.29. The van der Waals surface area contributed by atoms with Crippen LogP contribution in [-0.2, 0) is 0 Å². The Bertz CT molecular complexity index is 629. The van der Waals surface area contributed by atoms with Crippen LogP contribution in [-0.4, -0.2) is 16.2 Å². The molecular formula is C17H26N2OS. The van der Waals surface area contributed by atoms with E-state index >= 15 is 0 Å². The standard InChI is InChI=1S/C17H26N2OS/c1-4-7-10-13(9-5-2)19-14-11-8-12-15(20-6-3)16(14)18-17(19)21/h8,11-13H,4-7,9-10H2,1-3H3,(H,18,21). The van der Waals surface area contributed by atoms with Gasteiger partial charge in [0.1, 0.15) is 11.3 Å². The molecule has 4 heteroatoms. The summed E-state index contributed by atoms with van der Waals surface area (Å²) in [7, 11) is 0. The van der Waals surface area contributed by atoms with Crippen molar-refractivity contribution in [3.63, 3.8) is 0 Å². The van der Waals surface area contributed by atoms with E-state index in [1.165, 1.54) is 37.6 Å². The lowest BCUT2D eigenvalue weighted by Gasteiger charge is -2.19. The summed E-state index contributed by atoms with van der Waals surface area (Å²) in [5.41, 5.74) is 2.20. The molecule has 0 radical (unpaired) electrons. The zero-order chi connectivity index (χ0) is 15.2. The maximum absolute atomic E-state index is 5.72. The van der Waals surface area contributed by atoms with Crippen molar-refractivity contribution >= 4 is 23.3 Å². The summed E-state index contributed by atoms with van der Waals surface area (Å²) in [5.74, 6) is 0.894. The highest BCUT2D eigenvalue weighted by Crippen LogP contribution is 2.30. The molecule has 1 unspecified atom stereocenters. The second-order valence-corrected chi connectivity index (χ2v) is 5.85. The molecule has 2 aromatic rings. The van der Waals surface area contributed by atoms with Gasteiger partial charge in [-0.3, -0.25) is 0 Å². The molecule has 0 bridgehead atoms. The van der Waals surface area contributed by atoms with E-state index in [1.807, 2.05) is 13.0 Å². The lowest BCUT2D eigenvalue weighted by Crippen LogP contribution is -2.09. The highest BCUT2D eigenvalue weighted by atomic mass is 32.1. The smallest absolute Gasteiger partial charge is 0.178 e. The van der Waals surface area contributed by atoms with Crippen LogP contribution in [0.5, 0.6) is 5.75 Å². The minimum Gasteiger partial charge on any atom is -0.492 e. The Kier molecular flexibility index (Phi) is 5.85. The second kappa shape index (κ2) is 7.64. The van der Waals surface area contributed by atoms with Crippen molar-refractivity contribution in [2.24, 2.45) is 0 Å². The molecule has 3 nitrogen and oxygen atoms in total. The number of hydrogen-bond acceptors (Lipinski definition) is 2. The number of fused-ring (bicyclic) bond motifs is 1. The molecule has 0 aliphatic heterocycles. The van der Waals surface area contributed by atoms with Crippen molar-refractivity contribution in [2.45, 2.75) is 58.9 Å². The monoisotopic (exact) mass is 306 g/mol. The summed E-state index contributed by atoms with van der Waals surface area (Å²) in [4.78, 5) is 3.35. The molecule has 21 heavy (non-hydrogen) atoms. The third-order valence-corrected chi connectivity index (χ3v) is 4.19. The van der Waals surface area contributed by atoms with Crippen LogP contribution in [0.2, 0.25) is 0 Å². The zero-order valence-corrected chi connectivity index (χ0v) is 14.1. The molecule has 2 rings (SSSR count). The molecule has 1 atom stereocenters. The van der Waals surface area contributed by atoms with Crippen molar-refractivity contribution in [1.82, 2.24) is 9.55 Å². The van der Waals surface area contributed by atoms with E-state index < -0.39 is 0 Å². The average Bonchev–Trinajstić information content (AvgIpc) is 2.81. The van der Waals surface area contributed by atoms with Gasteiger partial charge >= 0.3 is 0 Å². The Morgan fingerprint density at radius 2 is 2.00 bits per heavy atom. The third-order valence-electron chi connectivity index (χ3n) is 3.89. The zero-order valence-electron chi connectivity index (χ0n) is 13.3. The summed E-state index contributed by atoms with van der Waals surface area (Å²) in [5, 5.41) is 0. The quantitative estimate of drug-likeness (QED) is 0.641. The van der Waals surface area contributed by atoms with E-state index in [2.05, 4.69) is 35.5 Å². The molecule has 1 heterocycles. The SMILES string of the molecule is CCCCC(CCC)n1c(=S)[nH]c2c(OCC)cccc21. The first-order valence-corrected chi connectivity index (χ1v) is 8.49. The van der Waals surface area contributed by atoms with Gasteiger partial charge in [0.15, 0.2) is 4.77 Å². The number of unbranched alkanes of at least 4 members (excludes halogenated alkanes) is 1. The maximum Gasteiger partial charge on any atom is 0.178 e. The van der Waals surface area contributed by atoms with Gasteiger partial charge in [0, 0.05) is 6.04 Å². The predicted molar refractivity (Wildman–Crippen MR) is 91.8 cm³/mol. The minimum atomic E-state index is 0.480. The Morgan fingerprint density at radius 1 is 1.19 bits per heavy atom. The van der Waals surface area contributed by atoms with Crippen molar-refractivity contribution in [3.05, 3.63) is 23.0 Å². The van der Waals surface area contributed by atoms with Crippen molar-refractivity contribution in [2.75, 3.05) is 6.61 Å². The predicted octanol–water partition coefficient (Wildman–Crippen LogP) is 5.63. The van der Waals surface area contributed by atoms with Crippen LogP contribution < -0.4 is 4.74 Å². The first kappa shape index (κ1) is 16.1. The van der Waals surface area contributed by atoms with Gasteiger partial charge in [0.05, 0.1) is 12.1 Å². The summed E-state index contributed by atoms with van der Waals surface area (Å²) in [6, 6.07) is 6.67. The highest BCUT2D eigenvalue weighted by Gasteiger charge is 2.16. The van der Waals surface area contributed by atoms with Gasteiger partial charge in [-0.2, -0.15) is 0 Å². The maximum atomic E-state index is 5.72. The van der Waals surface area contributed by atoms with Crippen LogP contribution in [0.15, 0.2) is 18.2 Å². The average molecular weight is 306 g/mol. The van der Waals surface area contributed by atoms with Crippen LogP contribution in [0.4, 0.5) is 0 Å². The Balaban J connectivity index is 2.49. The fourth-order valence-corrected chi connectivity index (χ4v) is 3.29. The fraction of sp³-hybridized carbons (Fsp3) is 0.588. The first-order valence-electron chi connectivity index (χ1n) is 8.08. The number of rotatable bonds is 8. The minimum absolute atomic E-state index is 0.480. The lowest BCUT2D eigenvalue weighted by atomic mass is 10.0. The van der Waals surface area contributed by atoms with Crippen molar-refractivity contribution in [3.8, 4) is 5.75 Å². The van der Waals surface area contributed by atoms with E-state index in [0.29, 0.717) is 12.6 Å². The van der Waals surface area contributed by atoms with Gasteiger partial charge in [0.2, 0.25) is 0 Å². The molecule has 0 spiro atoms. The number of hydrogen-bond donors (Lipinski definition) is 1. The number of aromatic nitrogens is 2. The molecule has 1 N–H and O–H groups in total. The van der Waals surface area contributed by atoms with Crippen LogP contribution in [0.25, 0.3) is 11.0 Å². The number of ether oxygens (including phenoxy) is 1. The highest BCUT2D eigenvalue weighted by molar-refractivity contribution is 7.71. The van der Waals surface area contributed by atoms with E-state index in [4.69, 9.17) is 17.0 Å². The summed E-state index contributed by atoms with van der Waals surface area (Å²) >= 11 is 5.59. The fourth-order valence-electron chi connectivity index (χ4n) is 2.94. The van der Waals surface area contributed by atoms with Gasteiger partial charge in [-0.25, -0.2) is 0 Å². The third kappa shape index (κ3) is 3.49. The molecule has 0 aliphatic carbocycles. The Labute approximate surface area is 132 Å². The van der Waals surface area contributed by atoms with E-state index in [0.717, 1.165) is 16.0 Å². The lowest BCUT2D eigenvalue weighted by molar-refractivity contribution is 0.343. The van der Waals surface area contributed by atoms with E-state index in [9.17, 15) is 0 Å². The molecule has 0 fully saturated rings. The molecule has 0 amide bonds. The van der Waals surface area contributed by atoms with E-state index in [1.54, 1.807) is 0 Å². The molecule has 0 aliphatic rings. The van der Waals surface area contributed by atoms with Crippen LogP contribution >= 0.6 is 12.2 Å². The number of benzene rings is 1. The van der Waals surface area contributed by atoms with E-state index in [-0.39, 0.29) is 0 Å². The molecule has 0 saturated heterocycles. The van der Waals surface area contributed by atoms with Crippen LogP contribution in [0.1, 0.15) is 58.9 Å². The molecule has 116 valence electrons. The number of H-pyrrole nitrogens is 1. The first-order chi connectivity index (χ1) is 10.2. The van der Waals surface area contributed by atoms with Gasteiger partial charge in [-0.15, -0.1) is 0 Å². The molecule has 1 aromatic carbocycles. The van der Waals surface area contributed by atoms with Crippen molar-refractivity contribution in [1.29, 1.82) is 0 Å². The number of aromatic amines is 1. The molecule has 0 saturated carbocycles. The summed E-state index contributed by atoms with van der Waals surface area (Å²) in [6.45, 7) is 7.15. The van der Waals surface area contributed by atoms with Gasteiger partial charge < -0.3 is 14.3 Å². The normalized spacial score (nSPS) is 12.7.